The van der Waals surface area contributed by atoms with Gasteiger partial charge in [0.15, 0.2) is 0 Å². The number of nitrogens with one attached hydrogen (secondary N) is 1. The topological polar surface area (TPSA) is 21.3 Å². The lowest BCUT2D eigenvalue weighted by atomic mass is 9.87. The Morgan fingerprint density at radius 1 is 1.12 bits per heavy atom. The molecule has 2 aliphatic rings. The highest BCUT2D eigenvalue weighted by atomic mass is 16.5. The normalized spacial score (nSPS) is 34.8. The summed E-state index contributed by atoms with van der Waals surface area (Å²) >= 11 is 0. The summed E-state index contributed by atoms with van der Waals surface area (Å²) in [6.07, 6.45) is 11.2. The second-order valence-electron chi connectivity index (χ2n) is 6.17. The molecule has 1 N–H and O–H groups in total. The van der Waals surface area contributed by atoms with Gasteiger partial charge in [-0.2, -0.15) is 0 Å². The van der Waals surface area contributed by atoms with Crippen LogP contribution >= 0.6 is 0 Å². The molecule has 0 aromatic rings. The molecule has 0 heterocycles. The maximum Gasteiger partial charge on any atom is 0.0612 e. The van der Waals surface area contributed by atoms with Crippen LogP contribution in [0, 0.1) is 0 Å². The number of ether oxygens (including phenoxy) is 1. The SMILES string of the molecule is CC(C)(C)OC1CC(NC2CC=CCC2)C1. The summed E-state index contributed by atoms with van der Waals surface area (Å²) in [5.41, 5.74) is 0.0171. The molecule has 0 radical (unpaired) electrons. The van der Waals surface area contributed by atoms with Gasteiger partial charge in [-0.3, -0.25) is 0 Å². The van der Waals surface area contributed by atoms with Crippen LogP contribution in [-0.4, -0.2) is 23.8 Å². The Morgan fingerprint density at radius 2 is 1.88 bits per heavy atom. The van der Waals surface area contributed by atoms with E-state index in [0.29, 0.717) is 18.2 Å². The van der Waals surface area contributed by atoms with Gasteiger partial charge in [0, 0.05) is 12.1 Å². The number of allylic oxidation sites excluding steroid dienone is 1. The van der Waals surface area contributed by atoms with Crippen LogP contribution in [0.15, 0.2) is 12.2 Å². The Kier molecular flexibility index (Phi) is 3.70. The molecule has 2 nitrogen and oxygen atoms in total. The van der Waals surface area contributed by atoms with Crippen molar-refractivity contribution in [3.63, 3.8) is 0 Å². The maximum absolute atomic E-state index is 5.94. The van der Waals surface area contributed by atoms with E-state index in [1.54, 1.807) is 0 Å². The van der Waals surface area contributed by atoms with E-state index in [0.717, 1.165) is 0 Å². The van der Waals surface area contributed by atoms with Crippen molar-refractivity contribution in [1.82, 2.24) is 5.32 Å². The summed E-state index contributed by atoms with van der Waals surface area (Å²) in [6, 6.07) is 1.41. The van der Waals surface area contributed by atoms with Gasteiger partial charge in [-0.05, 0) is 52.9 Å². The van der Waals surface area contributed by atoms with Crippen molar-refractivity contribution in [2.75, 3.05) is 0 Å². The van der Waals surface area contributed by atoms with E-state index in [9.17, 15) is 0 Å². The zero-order valence-corrected chi connectivity index (χ0v) is 10.8. The Bertz CT molecular complexity index is 248. The third-order valence-electron chi connectivity index (χ3n) is 3.36. The van der Waals surface area contributed by atoms with Gasteiger partial charge in [0.1, 0.15) is 0 Å². The molecule has 0 amide bonds. The Labute approximate surface area is 99.4 Å². The first-order chi connectivity index (χ1) is 7.53. The fourth-order valence-corrected chi connectivity index (χ4v) is 2.58. The molecule has 1 unspecified atom stereocenters. The zero-order chi connectivity index (χ0) is 11.6. The van der Waals surface area contributed by atoms with Crippen molar-refractivity contribution < 1.29 is 4.74 Å². The minimum atomic E-state index is 0.0171. The summed E-state index contributed by atoms with van der Waals surface area (Å²) in [5.74, 6) is 0. The Morgan fingerprint density at radius 3 is 2.44 bits per heavy atom. The second-order valence-corrected chi connectivity index (χ2v) is 6.17. The smallest absolute Gasteiger partial charge is 0.0612 e. The average Bonchev–Trinajstić information content (AvgIpc) is 2.14. The highest BCUT2D eigenvalue weighted by Gasteiger charge is 2.33. The fourth-order valence-electron chi connectivity index (χ4n) is 2.58. The second kappa shape index (κ2) is 4.89. The van der Waals surface area contributed by atoms with Crippen molar-refractivity contribution in [2.24, 2.45) is 0 Å². The minimum Gasteiger partial charge on any atom is -0.373 e. The molecule has 2 heteroatoms. The quantitative estimate of drug-likeness (QED) is 0.743. The van der Waals surface area contributed by atoms with Crippen LogP contribution in [0.3, 0.4) is 0 Å². The van der Waals surface area contributed by atoms with Crippen LogP contribution in [0.25, 0.3) is 0 Å². The van der Waals surface area contributed by atoms with Crippen molar-refractivity contribution in [1.29, 1.82) is 0 Å². The highest BCUT2D eigenvalue weighted by Crippen LogP contribution is 2.28. The molecule has 0 aromatic heterocycles. The van der Waals surface area contributed by atoms with Crippen LogP contribution in [0.5, 0.6) is 0 Å². The Hall–Kier alpha value is -0.340. The van der Waals surface area contributed by atoms with E-state index >= 15 is 0 Å². The van der Waals surface area contributed by atoms with Gasteiger partial charge in [0.05, 0.1) is 11.7 Å². The molecule has 0 aliphatic heterocycles. The largest absolute Gasteiger partial charge is 0.373 e. The average molecular weight is 223 g/mol. The van der Waals surface area contributed by atoms with E-state index in [-0.39, 0.29) is 5.60 Å². The van der Waals surface area contributed by atoms with Crippen LogP contribution in [0.1, 0.15) is 52.9 Å². The van der Waals surface area contributed by atoms with Crippen molar-refractivity contribution >= 4 is 0 Å². The number of hydrogen-bond acceptors (Lipinski definition) is 2. The lowest BCUT2D eigenvalue weighted by molar-refractivity contribution is -0.103. The van der Waals surface area contributed by atoms with Gasteiger partial charge in [0.2, 0.25) is 0 Å². The summed E-state index contributed by atoms with van der Waals surface area (Å²) < 4.78 is 5.94. The first kappa shape index (κ1) is 12.1. The molecule has 1 saturated carbocycles. The standard InChI is InChI=1S/C14H25NO/c1-14(2,3)16-13-9-12(10-13)15-11-7-5-4-6-8-11/h4-5,11-13,15H,6-10H2,1-3H3. The van der Waals surface area contributed by atoms with Crippen molar-refractivity contribution in [3.8, 4) is 0 Å². The van der Waals surface area contributed by atoms with E-state index in [4.69, 9.17) is 4.74 Å². The third-order valence-corrected chi connectivity index (χ3v) is 3.36. The molecule has 16 heavy (non-hydrogen) atoms. The van der Waals surface area contributed by atoms with E-state index in [1.807, 2.05) is 0 Å². The molecule has 1 atom stereocenters. The molecule has 0 aromatic carbocycles. The van der Waals surface area contributed by atoms with Crippen LogP contribution < -0.4 is 5.32 Å². The van der Waals surface area contributed by atoms with Crippen LogP contribution in [0.2, 0.25) is 0 Å². The fraction of sp³-hybridized carbons (Fsp3) is 0.857. The highest BCUT2D eigenvalue weighted by molar-refractivity contribution is 4.96. The third kappa shape index (κ3) is 3.60. The van der Waals surface area contributed by atoms with E-state index in [2.05, 4.69) is 38.2 Å². The molecular formula is C14H25NO. The van der Waals surface area contributed by atoms with Crippen LogP contribution in [-0.2, 0) is 4.74 Å². The lowest BCUT2D eigenvalue weighted by Crippen LogP contribution is -2.51. The summed E-state index contributed by atoms with van der Waals surface area (Å²) in [4.78, 5) is 0. The number of rotatable bonds is 3. The summed E-state index contributed by atoms with van der Waals surface area (Å²) in [5, 5.41) is 3.74. The number of hydrogen-bond donors (Lipinski definition) is 1. The first-order valence-electron chi connectivity index (χ1n) is 6.62. The van der Waals surface area contributed by atoms with Crippen LogP contribution in [0.4, 0.5) is 0 Å². The zero-order valence-electron chi connectivity index (χ0n) is 10.8. The molecule has 2 rings (SSSR count). The van der Waals surface area contributed by atoms with Crippen molar-refractivity contribution in [2.45, 2.75) is 76.7 Å². The molecule has 0 bridgehead atoms. The van der Waals surface area contributed by atoms with Gasteiger partial charge >= 0.3 is 0 Å². The minimum absolute atomic E-state index is 0.0171. The van der Waals surface area contributed by atoms with Gasteiger partial charge in [-0.1, -0.05) is 12.2 Å². The predicted molar refractivity (Wildman–Crippen MR) is 67.6 cm³/mol. The van der Waals surface area contributed by atoms with Gasteiger partial charge in [-0.25, -0.2) is 0 Å². The molecule has 1 fully saturated rings. The molecule has 0 saturated heterocycles. The van der Waals surface area contributed by atoms with Gasteiger partial charge in [0.25, 0.3) is 0 Å². The molecule has 92 valence electrons. The maximum atomic E-state index is 5.94. The molecule has 0 spiro atoms. The monoisotopic (exact) mass is 223 g/mol. The molecule has 2 aliphatic carbocycles. The molecular weight excluding hydrogens is 198 g/mol. The summed E-state index contributed by atoms with van der Waals surface area (Å²) in [7, 11) is 0. The van der Waals surface area contributed by atoms with Crippen molar-refractivity contribution in [3.05, 3.63) is 12.2 Å². The summed E-state index contributed by atoms with van der Waals surface area (Å²) in [6.45, 7) is 6.42. The van der Waals surface area contributed by atoms with E-state index < -0.39 is 0 Å². The van der Waals surface area contributed by atoms with E-state index in [1.165, 1.54) is 32.1 Å². The lowest BCUT2D eigenvalue weighted by Gasteiger charge is -2.41. The van der Waals surface area contributed by atoms with Gasteiger partial charge in [-0.15, -0.1) is 0 Å². The van der Waals surface area contributed by atoms with Gasteiger partial charge < -0.3 is 10.1 Å². The predicted octanol–water partition coefficient (Wildman–Crippen LogP) is 3.03. The first-order valence-corrected chi connectivity index (χ1v) is 6.62. The Balaban J connectivity index is 1.63.